The van der Waals surface area contributed by atoms with Crippen molar-refractivity contribution < 1.29 is 14.7 Å². The molecule has 0 radical (unpaired) electrons. The van der Waals surface area contributed by atoms with Crippen molar-refractivity contribution in [3.05, 3.63) is 28.2 Å². The Morgan fingerprint density at radius 3 is 2.65 bits per heavy atom. The highest BCUT2D eigenvalue weighted by molar-refractivity contribution is 9.10. The van der Waals surface area contributed by atoms with Crippen LogP contribution >= 0.6 is 15.9 Å². The molecule has 1 saturated carbocycles. The Morgan fingerprint density at radius 1 is 1.41 bits per heavy atom. The van der Waals surface area contributed by atoms with Gasteiger partial charge in [0.15, 0.2) is 0 Å². The monoisotopic (exact) mass is 297 g/mol. The standard InChI is InChI=1S/C12H12BrNO3/c13-9-6-8(12(16)17)3-4-10(9)14-11(15)5-7-1-2-7/h3-4,6-7H,1-2,5H2,(H,14,15)(H,16,17). The van der Waals surface area contributed by atoms with Gasteiger partial charge in [-0.25, -0.2) is 4.79 Å². The molecule has 0 aliphatic heterocycles. The number of hydrogen-bond acceptors (Lipinski definition) is 2. The summed E-state index contributed by atoms with van der Waals surface area (Å²) < 4.78 is 0.585. The summed E-state index contributed by atoms with van der Waals surface area (Å²) in [6.45, 7) is 0. The van der Waals surface area contributed by atoms with E-state index in [-0.39, 0.29) is 11.5 Å². The lowest BCUT2D eigenvalue weighted by Gasteiger charge is -2.07. The molecule has 0 unspecified atom stereocenters. The summed E-state index contributed by atoms with van der Waals surface area (Å²) in [5.74, 6) is -0.468. The van der Waals surface area contributed by atoms with Gasteiger partial charge in [-0.2, -0.15) is 0 Å². The number of rotatable bonds is 4. The first-order chi connectivity index (χ1) is 8.06. The smallest absolute Gasteiger partial charge is 0.335 e. The minimum atomic E-state index is -0.985. The van der Waals surface area contributed by atoms with Crippen LogP contribution in [0, 0.1) is 5.92 Å². The van der Waals surface area contributed by atoms with E-state index in [4.69, 9.17) is 5.11 Å². The quantitative estimate of drug-likeness (QED) is 0.898. The van der Waals surface area contributed by atoms with E-state index >= 15 is 0 Å². The largest absolute Gasteiger partial charge is 0.478 e. The molecule has 0 atom stereocenters. The van der Waals surface area contributed by atoms with E-state index in [1.807, 2.05) is 0 Å². The summed E-state index contributed by atoms with van der Waals surface area (Å²) in [6, 6.07) is 4.55. The van der Waals surface area contributed by atoms with Gasteiger partial charge >= 0.3 is 5.97 Å². The molecule has 1 aliphatic carbocycles. The lowest BCUT2D eigenvalue weighted by atomic mass is 10.2. The number of nitrogens with one attached hydrogen (secondary N) is 1. The zero-order valence-electron chi connectivity index (χ0n) is 9.07. The Kier molecular flexibility index (Phi) is 3.47. The zero-order valence-corrected chi connectivity index (χ0v) is 10.7. The summed E-state index contributed by atoms with van der Waals surface area (Å²) in [5.41, 5.74) is 0.803. The molecule has 0 spiro atoms. The predicted molar refractivity (Wildman–Crippen MR) is 67.1 cm³/mol. The molecule has 2 N–H and O–H groups in total. The number of carboxylic acids is 1. The van der Waals surface area contributed by atoms with Crippen molar-refractivity contribution in [2.24, 2.45) is 5.92 Å². The summed E-state index contributed by atoms with van der Waals surface area (Å²) in [4.78, 5) is 22.3. The van der Waals surface area contributed by atoms with Crippen LogP contribution in [0.1, 0.15) is 29.6 Å². The normalized spacial score (nSPS) is 14.4. The Bertz CT molecular complexity index is 469. The number of carbonyl (C=O) groups is 2. The third-order valence-electron chi connectivity index (χ3n) is 2.66. The molecular weight excluding hydrogens is 286 g/mol. The number of aromatic carboxylic acids is 1. The maximum absolute atomic E-state index is 11.6. The fourth-order valence-electron chi connectivity index (χ4n) is 1.53. The molecule has 17 heavy (non-hydrogen) atoms. The van der Waals surface area contributed by atoms with Crippen molar-refractivity contribution in [2.45, 2.75) is 19.3 Å². The second kappa shape index (κ2) is 4.87. The summed E-state index contributed by atoms with van der Waals surface area (Å²) >= 11 is 3.25. The van der Waals surface area contributed by atoms with Gasteiger partial charge < -0.3 is 10.4 Å². The lowest BCUT2D eigenvalue weighted by molar-refractivity contribution is -0.116. The predicted octanol–water partition coefficient (Wildman–Crippen LogP) is 2.89. The van der Waals surface area contributed by atoms with Gasteiger partial charge in [0.1, 0.15) is 0 Å². The van der Waals surface area contributed by atoms with E-state index in [0.29, 0.717) is 22.5 Å². The van der Waals surface area contributed by atoms with E-state index in [1.165, 1.54) is 12.1 Å². The van der Waals surface area contributed by atoms with Crippen LogP contribution in [0.2, 0.25) is 0 Å². The van der Waals surface area contributed by atoms with Gasteiger partial charge in [-0.05, 0) is 52.9 Å². The molecule has 1 fully saturated rings. The van der Waals surface area contributed by atoms with Crippen molar-refractivity contribution in [3.8, 4) is 0 Å². The molecule has 2 rings (SSSR count). The summed E-state index contributed by atoms with van der Waals surface area (Å²) in [7, 11) is 0. The first kappa shape index (κ1) is 12.1. The van der Waals surface area contributed by atoms with Gasteiger partial charge in [0, 0.05) is 10.9 Å². The molecule has 1 amide bonds. The maximum atomic E-state index is 11.6. The second-order valence-corrected chi connectivity index (χ2v) is 5.05. The third-order valence-corrected chi connectivity index (χ3v) is 3.32. The molecule has 4 nitrogen and oxygen atoms in total. The molecule has 0 aromatic heterocycles. The van der Waals surface area contributed by atoms with Gasteiger partial charge in [-0.3, -0.25) is 4.79 Å². The first-order valence-electron chi connectivity index (χ1n) is 5.39. The molecule has 0 saturated heterocycles. The Hall–Kier alpha value is -1.36. The van der Waals surface area contributed by atoms with Crippen molar-refractivity contribution in [1.82, 2.24) is 0 Å². The van der Waals surface area contributed by atoms with Gasteiger partial charge in [0.05, 0.1) is 11.3 Å². The van der Waals surface area contributed by atoms with Crippen LogP contribution < -0.4 is 5.32 Å². The van der Waals surface area contributed by atoms with E-state index in [9.17, 15) is 9.59 Å². The number of amides is 1. The number of anilines is 1. The fraction of sp³-hybridized carbons (Fsp3) is 0.333. The molecule has 1 aromatic carbocycles. The fourth-order valence-corrected chi connectivity index (χ4v) is 2.01. The Labute approximate surface area is 107 Å². The molecule has 1 aliphatic rings. The Balaban J connectivity index is 2.04. The lowest BCUT2D eigenvalue weighted by Crippen LogP contribution is -2.12. The molecule has 90 valence electrons. The summed E-state index contributed by atoms with van der Waals surface area (Å²) in [6.07, 6.45) is 2.81. The number of benzene rings is 1. The topological polar surface area (TPSA) is 66.4 Å². The number of carboxylic acid groups (broad SMARTS) is 1. The second-order valence-electron chi connectivity index (χ2n) is 4.20. The van der Waals surface area contributed by atoms with Gasteiger partial charge in [-0.1, -0.05) is 0 Å². The number of halogens is 1. The molecular formula is C12H12BrNO3. The highest BCUT2D eigenvalue weighted by Crippen LogP contribution is 2.33. The van der Waals surface area contributed by atoms with Crippen LogP contribution in [0.3, 0.4) is 0 Å². The number of hydrogen-bond donors (Lipinski definition) is 2. The van der Waals surface area contributed by atoms with Gasteiger partial charge in [0.2, 0.25) is 5.91 Å². The van der Waals surface area contributed by atoms with Crippen LogP contribution in [-0.2, 0) is 4.79 Å². The Morgan fingerprint density at radius 2 is 2.12 bits per heavy atom. The highest BCUT2D eigenvalue weighted by Gasteiger charge is 2.24. The maximum Gasteiger partial charge on any atom is 0.335 e. The van der Waals surface area contributed by atoms with Crippen LogP contribution in [0.15, 0.2) is 22.7 Å². The van der Waals surface area contributed by atoms with Crippen molar-refractivity contribution in [1.29, 1.82) is 0 Å². The zero-order chi connectivity index (χ0) is 12.4. The van der Waals surface area contributed by atoms with Crippen molar-refractivity contribution in [3.63, 3.8) is 0 Å². The summed E-state index contributed by atoms with van der Waals surface area (Å²) in [5, 5.41) is 11.6. The minimum absolute atomic E-state index is 0.0173. The number of carbonyl (C=O) groups excluding carboxylic acids is 1. The van der Waals surface area contributed by atoms with E-state index < -0.39 is 5.97 Å². The molecule has 0 bridgehead atoms. The van der Waals surface area contributed by atoms with Crippen LogP contribution in [0.25, 0.3) is 0 Å². The van der Waals surface area contributed by atoms with Gasteiger partial charge in [0.25, 0.3) is 0 Å². The highest BCUT2D eigenvalue weighted by atomic mass is 79.9. The van der Waals surface area contributed by atoms with E-state index in [2.05, 4.69) is 21.2 Å². The average molecular weight is 298 g/mol. The third kappa shape index (κ3) is 3.30. The van der Waals surface area contributed by atoms with E-state index in [0.717, 1.165) is 12.8 Å². The van der Waals surface area contributed by atoms with Crippen LogP contribution in [-0.4, -0.2) is 17.0 Å². The SMILES string of the molecule is O=C(CC1CC1)Nc1ccc(C(=O)O)cc1Br. The van der Waals surface area contributed by atoms with Crippen molar-refractivity contribution in [2.75, 3.05) is 5.32 Å². The minimum Gasteiger partial charge on any atom is -0.478 e. The van der Waals surface area contributed by atoms with E-state index in [1.54, 1.807) is 6.07 Å². The molecule has 1 aromatic rings. The van der Waals surface area contributed by atoms with Crippen molar-refractivity contribution >= 4 is 33.5 Å². The molecule has 0 heterocycles. The van der Waals surface area contributed by atoms with Crippen LogP contribution in [0.4, 0.5) is 5.69 Å². The van der Waals surface area contributed by atoms with Gasteiger partial charge in [-0.15, -0.1) is 0 Å². The average Bonchev–Trinajstić information content (AvgIpc) is 3.04. The first-order valence-corrected chi connectivity index (χ1v) is 6.18. The van der Waals surface area contributed by atoms with Crippen LogP contribution in [0.5, 0.6) is 0 Å². The molecule has 5 heteroatoms.